The first kappa shape index (κ1) is 13.4. The topological polar surface area (TPSA) is 62.5 Å². The number of aryl methyl sites for hydroxylation is 2. The number of aliphatic hydroxyl groups is 1. The summed E-state index contributed by atoms with van der Waals surface area (Å²) in [6.45, 7) is 4.21. The molecule has 2 rings (SSSR count). The van der Waals surface area contributed by atoms with Gasteiger partial charge in [0.25, 0.3) is 5.91 Å². The van der Waals surface area contributed by atoms with E-state index in [1.54, 1.807) is 24.5 Å². The fourth-order valence-corrected chi connectivity index (χ4v) is 1.77. The molecule has 19 heavy (non-hydrogen) atoms. The molecule has 2 aromatic rings. The number of carbonyl (C=O) groups is 1. The first-order valence-corrected chi connectivity index (χ1v) is 6.13. The lowest BCUT2D eigenvalue weighted by Gasteiger charge is -2.12. The summed E-state index contributed by atoms with van der Waals surface area (Å²) < 4.78 is 5.11. The van der Waals surface area contributed by atoms with Gasteiger partial charge in [0.2, 0.25) is 0 Å². The number of carbonyl (C=O) groups excluding carboxylic acids is 1. The van der Waals surface area contributed by atoms with Crippen molar-refractivity contribution in [3.63, 3.8) is 0 Å². The summed E-state index contributed by atoms with van der Waals surface area (Å²) in [7, 11) is 0. The molecule has 1 aromatic carbocycles. The van der Waals surface area contributed by atoms with Crippen LogP contribution in [0, 0.1) is 13.8 Å². The first-order valence-electron chi connectivity index (χ1n) is 6.13. The Morgan fingerprint density at radius 3 is 2.74 bits per heavy atom. The highest BCUT2D eigenvalue weighted by Crippen LogP contribution is 2.17. The second-order valence-electron chi connectivity index (χ2n) is 4.54. The molecule has 100 valence electrons. The van der Waals surface area contributed by atoms with Crippen LogP contribution in [0.5, 0.6) is 0 Å². The van der Waals surface area contributed by atoms with E-state index in [-0.39, 0.29) is 6.54 Å². The van der Waals surface area contributed by atoms with Crippen molar-refractivity contribution in [3.8, 4) is 0 Å². The average molecular weight is 259 g/mol. The van der Waals surface area contributed by atoms with Crippen molar-refractivity contribution in [1.29, 1.82) is 0 Å². The molecule has 0 saturated heterocycles. The predicted molar refractivity (Wildman–Crippen MR) is 71.4 cm³/mol. The number of benzene rings is 1. The number of amides is 1. The summed E-state index contributed by atoms with van der Waals surface area (Å²) in [5.41, 5.74) is 2.78. The van der Waals surface area contributed by atoms with E-state index in [4.69, 9.17) is 4.42 Å². The summed E-state index contributed by atoms with van der Waals surface area (Å²) in [5, 5.41) is 12.6. The van der Waals surface area contributed by atoms with Crippen molar-refractivity contribution in [3.05, 3.63) is 59.0 Å². The number of furan rings is 1. The van der Waals surface area contributed by atoms with E-state index < -0.39 is 12.0 Å². The van der Waals surface area contributed by atoms with E-state index in [1.165, 1.54) is 0 Å². The Hall–Kier alpha value is -2.07. The van der Waals surface area contributed by atoms with E-state index >= 15 is 0 Å². The van der Waals surface area contributed by atoms with Crippen LogP contribution < -0.4 is 5.32 Å². The van der Waals surface area contributed by atoms with Crippen molar-refractivity contribution in [2.45, 2.75) is 26.5 Å². The Morgan fingerprint density at radius 1 is 1.32 bits per heavy atom. The van der Waals surface area contributed by atoms with Crippen molar-refractivity contribution < 1.29 is 14.3 Å². The first-order chi connectivity index (χ1) is 9.08. The highest BCUT2D eigenvalue weighted by Gasteiger charge is 2.17. The summed E-state index contributed by atoms with van der Waals surface area (Å²) in [6, 6.07) is 9.00. The van der Waals surface area contributed by atoms with Crippen LogP contribution in [0.25, 0.3) is 0 Å². The zero-order valence-electron chi connectivity index (χ0n) is 11.0. The molecule has 0 radical (unpaired) electrons. The number of hydrogen-bond acceptors (Lipinski definition) is 3. The minimum Gasteiger partial charge on any atom is -0.467 e. The van der Waals surface area contributed by atoms with E-state index in [0.717, 1.165) is 11.1 Å². The lowest BCUT2D eigenvalue weighted by molar-refractivity contribution is -0.129. The molecule has 2 N–H and O–H groups in total. The van der Waals surface area contributed by atoms with Crippen molar-refractivity contribution in [2.75, 3.05) is 0 Å². The van der Waals surface area contributed by atoms with Gasteiger partial charge < -0.3 is 14.8 Å². The summed E-state index contributed by atoms with van der Waals surface area (Å²) in [4.78, 5) is 11.8. The normalized spacial score (nSPS) is 12.2. The minimum atomic E-state index is -1.16. The van der Waals surface area contributed by atoms with Gasteiger partial charge in [-0.25, -0.2) is 0 Å². The zero-order valence-corrected chi connectivity index (χ0v) is 11.0. The zero-order chi connectivity index (χ0) is 13.8. The minimum absolute atomic E-state index is 0.272. The molecule has 0 spiro atoms. The lowest BCUT2D eigenvalue weighted by Crippen LogP contribution is -2.28. The van der Waals surface area contributed by atoms with Crippen LogP contribution in [-0.2, 0) is 11.3 Å². The van der Waals surface area contributed by atoms with Crippen LogP contribution in [-0.4, -0.2) is 11.0 Å². The Labute approximate surface area is 112 Å². The van der Waals surface area contributed by atoms with Crippen LogP contribution in [0.2, 0.25) is 0 Å². The van der Waals surface area contributed by atoms with E-state index in [1.807, 2.05) is 26.0 Å². The van der Waals surface area contributed by atoms with Gasteiger partial charge in [-0.2, -0.15) is 0 Å². The molecule has 4 nitrogen and oxygen atoms in total. The van der Waals surface area contributed by atoms with Crippen LogP contribution >= 0.6 is 0 Å². The van der Waals surface area contributed by atoms with Gasteiger partial charge in [-0.1, -0.05) is 18.2 Å². The second-order valence-corrected chi connectivity index (χ2v) is 4.54. The summed E-state index contributed by atoms with van der Waals surface area (Å²) >= 11 is 0. The Kier molecular flexibility index (Phi) is 4.02. The van der Waals surface area contributed by atoms with E-state index in [9.17, 15) is 9.90 Å². The van der Waals surface area contributed by atoms with Gasteiger partial charge in [-0.3, -0.25) is 4.79 Å². The van der Waals surface area contributed by atoms with Gasteiger partial charge in [0, 0.05) is 0 Å². The highest BCUT2D eigenvalue weighted by molar-refractivity contribution is 5.81. The molecule has 0 aliphatic heterocycles. The third-order valence-electron chi connectivity index (χ3n) is 3.11. The number of nitrogens with one attached hydrogen (secondary N) is 1. The number of hydrogen-bond donors (Lipinski definition) is 2. The third kappa shape index (κ3) is 3.23. The average Bonchev–Trinajstić information content (AvgIpc) is 2.91. The maximum Gasteiger partial charge on any atom is 0.253 e. The Balaban J connectivity index is 2.00. The second kappa shape index (κ2) is 5.71. The van der Waals surface area contributed by atoms with Crippen LogP contribution in [0.3, 0.4) is 0 Å². The molecule has 0 aliphatic rings. The van der Waals surface area contributed by atoms with Crippen LogP contribution in [0.15, 0.2) is 41.0 Å². The highest BCUT2D eigenvalue weighted by atomic mass is 16.3. The molecular formula is C15H17NO3. The molecule has 0 aliphatic carbocycles. The molecule has 1 atom stereocenters. The van der Waals surface area contributed by atoms with Crippen LogP contribution in [0.1, 0.15) is 28.6 Å². The monoisotopic (exact) mass is 259 g/mol. The lowest BCUT2D eigenvalue weighted by atomic mass is 10.0. The fourth-order valence-electron chi connectivity index (χ4n) is 1.77. The maximum atomic E-state index is 11.8. The van der Waals surface area contributed by atoms with Gasteiger partial charge in [-0.15, -0.1) is 0 Å². The SMILES string of the molecule is Cc1ccc(C(O)C(=O)NCc2ccco2)cc1C. The molecule has 1 amide bonds. The quantitative estimate of drug-likeness (QED) is 0.885. The van der Waals surface area contributed by atoms with Gasteiger partial charge >= 0.3 is 0 Å². The van der Waals surface area contributed by atoms with Gasteiger partial charge in [0.1, 0.15) is 5.76 Å². The third-order valence-corrected chi connectivity index (χ3v) is 3.11. The van der Waals surface area contributed by atoms with E-state index in [0.29, 0.717) is 11.3 Å². The fraction of sp³-hybridized carbons (Fsp3) is 0.267. The van der Waals surface area contributed by atoms with Gasteiger partial charge in [0.15, 0.2) is 6.10 Å². The predicted octanol–water partition coefficient (Wildman–Crippen LogP) is 2.25. The standard InChI is InChI=1S/C15H17NO3/c1-10-5-6-12(8-11(10)2)14(17)15(18)16-9-13-4-3-7-19-13/h3-8,14,17H,9H2,1-2H3,(H,16,18). The van der Waals surface area contributed by atoms with E-state index in [2.05, 4.69) is 5.32 Å². The van der Waals surface area contributed by atoms with Crippen molar-refractivity contribution in [1.82, 2.24) is 5.32 Å². The Morgan fingerprint density at radius 2 is 2.11 bits per heavy atom. The largest absolute Gasteiger partial charge is 0.467 e. The molecule has 0 bridgehead atoms. The molecule has 0 fully saturated rings. The van der Waals surface area contributed by atoms with Gasteiger partial charge in [0.05, 0.1) is 12.8 Å². The number of rotatable bonds is 4. The molecule has 1 unspecified atom stereocenters. The maximum absolute atomic E-state index is 11.8. The molecule has 4 heteroatoms. The van der Waals surface area contributed by atoms with Crippen molar-refractivity contribution >= 4 is 5.91 Å². The van der Waals surface area contributed by atoms with Crippen LogP contribution in [0.4, 0.5) is 0 Å². The Bertz CT molecular complexity index is 561. The smallest absolute Gasteiger partial charge is 0.253 e. The molecule has 0 saturated carbocycles. The van der Waals surface area contributed by atoms with Gasteiger partial charge in [-0.05, 0) is 42.7 Å². The molecular weight excluding hydrogens is 242 g/mol. The summed E-state index contributed by atoms with van der Waals surface area (Å²) in [5.74, 6) is 0.222. The summed E-state index contributed by atoms with van der Waals surface area (Å²) in [6.07, 6.45) is 0.385. The molecule has 1 heterocycles. The molecule has 1 aromatic heterocycles. The van der Waals surface area contributed by atoms with Crippen molar-refractivity contribution in [2.24, 2.45) is 0 Å². The number of aliphatic hydroxyl groups excluding tert-OH is 1.